The summed E-state index contributed by atoms with van der Waals surface area (Å²) in [7, 11) is 0. The van der Waals surface area contributed by atoms with Crippen molar-refractivity contribution < 1.29 is 0 Å². The number of hydrogen-bond donors (Lipinski definition) is 2. The van der Waals surface area contributed by atoms with Gasteiger partial charge in [-0.1, -0.05) is 7.43 Å². The number of rotatable bonds is 1. The van der Waals surface area contributed by atoms with Crippen molar-refractivity contribution in [2.24, 2.45) is 11.5 Å². The van der Waals surface area contributed by atoms with E-state index in [0.29, 0.717) is 0 Å². The molecule has 2 rings (SSSR count). The van der Waals surface area contributed by atoms with Gasteiger partial charge in [-0.15, -0.1) is 37.2 Å². The number of nitrogens with two attached hydrogens (primary N) is 2. The molecule has 0 amide bonds. The van der Waals surface area contributed by atoms with E-state index < -0.39 is 5.66 Å². The molecular formula is C11H23Cl3N4. The molecule has 2 heterocycles. The number of nitrogens with zero attached hydrogens (tertiary/aromatic N) is 2. The first-order valence-corrected chi connectivity index (χ1v) is 4.90. The standard InChI is InChI=1S/C10H16N4.CH4.3ClH/c11-10(12)3-7-14(8-4-10)9-1-5-13-6-2-9;;;;/h1-2,5-6H,3-4,7-8,11-12H2;1H4;3*1H. The molecule has 1 aliphatic rings. The van der Waals surface area contributed by atoms with Crippen molar-refractivity contribution in [3.63, 3.8) is 0 Å². The van der Waals surface area contributed by atoms with Gasteiger partial charge in [0.05, 0.1) is 5.66 Å². The van der Waals surface area contributed by atoms with Crippen molar-refractivity contribution in [3.05, 3.63) is 24.5 Å². The molecular weight excluding hydrogens is 295 g/mol. The summed E-state index contributed by atoms with van der Waals surface area (Å²) in [6, 6.07) is 4.03. The molecule has 0 atom stereocenters. The van der Waals surface area contributed by atoms with Crippen LogP contribution in [0.4, 0.5) is 5.69 Å². The third-order valence-corrected chi connectivity index (χ3v) is 2.72. The largest absolute Gasteiger partial charge is 0.371 e. The van der Waals surface area contributed by atoms with E-state index in [4.69, 9.17) is 11.5 Å². The summed E-state index contributed by atoms with van der Waals surface area (Å²) in [5.74, 6) is 0. The summed E-state index contributed by atoms with van der Waals surface area (Å²) < 4.78 is 0. The van der Waals surface area contributed by atoms with Gasteiger partial charge in [-0.05, 0) is 25.0 Å². The Kier molecular flexibility index (Phi) is 12.3. The third kappa shape index (κ3) is 6.07. The molecule has 0 aromatic carbocycles. The monoisotopic (exact) mass is 316 g/mol. The Bertz CT molecular complexity index is 298. The van der Waals surface area contributed by atoms with E-state index in [1.54, 1.807) is 0 Å². The average molecular weight is 318 g/mol. The van der Waals surface area contributed by atoms with Crippen molar-refractivity contribution in [2.75, 3.05) is 18.0 Å². The van der Waals surface area contributed by atoms with E-state index in [9.17, 15) is 0 Å². The van der Waals surface area contributed by atoms with E-state index in [-0.39, 0.29) is 44.6 Å². The molecule has 0 bridgehead atoms. The number of hydrogen-bond acceptors (Lipinski definition) is 4. The van der Waals surface area contributed by atoms with Crippen molar-refractivity contribution in [1.29, 1.82) is 0 Å². The molecule has 1 aliphatic heterocycles. The van der Waals surface area contributed by atoms with Crippen LogP contribution in [0.1, 0.15) is 20.3 Å². The van der Waals surface area contributed by atoms with Crippen LogP contribution in [0.2, 0.25) is 0 Å². The van der Waals surface area contributed by atoms with Gasteiger partial charge in [-0.25, -0.2) is 0 Å². The minimum absolute atomic E-state index is 0. The number of aromatic nitrogens is 1. The summed E-state index contributed by atoms with van der Waals surface area (Å²) in [5, 5.41) is 0. The molecule has 0 unspecified atom stereocenters. The molecule has 0 saturated carbocycles. The SMILES string of the molecule is C.Cl.Cl.Cl.NC1(N)CCN(c2ccncc2)CC1. The van der Waals surface area contributed by atoms with E-state index in [1.165, 1.54) is 5.69 Å². The molecule has 4 nitrogen and oxygen atoms in total. The van der Waals surface area contributed by atoms with Gasteiger partial charge in [0.2, 0.25) is 0 Å². The maximum absolute atomic E-state index is 5.86. The van der Waals surface area contributed by atoms with Crippen LogP contribution in [0.3, 0.4) is 0 Å². The van der Waals surface area contributed by atoms with Crippen molar-refractivity contribution >= 4 is 42.9 Å². The Morgan fingerprint density at radius 1 is 1.00 bits per heavy atom. The molecule has 108 valence electrons. The van der Waals surface area contributed by atoms with Crippen LogP contribution < -0.4 is 16.4 Å². The van der Waals surface area contributed by atoms with Crippen LogP contribution in [0.5, 0.6) is 0 Å². The highest BCUT2D eigenvalue weighted by Crippen LogP contribution is 2.20. The van der Waals surface area contributed by atoms with Gasteiger partial charge in [0.25, 0.3) is 0 Å². The Morgan fingerprint density at radius 3 is 1.89 bits per heavy atom. The van der Waals surface area contributed by atoms with E-state index in [2.05, 4.69) is 9.88 Å². The summed E-state index contributed by atoms with van der Waals surface area (Å²) in [6.07, 6.45) is 5.30. The summed E-state index contributed by atoms with van der Waals surface area (Å²) >= 11 is 0. The topological polar surface area (TPSA) is 68.2 Å². The Balaban J connectivity index is -0.000000562. The van der Waals surface area contributed by atoms with Gasteiger partial charge in [-0.2, -0.15) is 0 Å². The molecule has 18 heavy (non-hydrogen) atoms. The van der Waals surface area contributed by atoms with Crippen LogP contribution in [0, 0.1) is 0 Å². The Hall–Kier alpha value is -0.260. The first-order chi connectivity index (χ1) is 6.67. The van der Waals surface area contributed by atoms with Crippen LogP contribution in [0.25, 0.3) is 0 Å². The fourth-order valence-electron chi connectivity index (χ4n) is 1.74. The highest BCUT2D eigenvalue weighted by atomic mass is 35.5. The summed E-state index contributed by atoms with van der Waals surface area (Å²) in [5.41, 5.74) is 12.4. The summed E-state index contributed by atoms with van der Waals surface area (Å²) in [6.45, 7) is 1.86. The van der Waals surface area contributed by atoms with Gasteiger partial charge < -0.3 is 16.4 Å². The van der Waals surface area contributed by atoms with Crippen molar-refractivity contribution in [3.8, 4) is 0 Å². The minimum Gasteiger partial charge on any atom is -0.371 e. The average Bonchev–Trinajstić information content (AvgIpc) is 2.19. The molecule has 1 aromatic rings. The zero-order valence-electron chi connectivity index (χ0n) is 9.41. The normalized spacial score (nSPS) is 16.2. The zero-order chi connectivity index (χ0) is 10.0. The fourth-order valence-corrected chi connectivity index (χ4v) is 1.74. The van der Waals surface area contributed by atoms with Crippen LogP contribution >= 0.6 is 37.2 Å². The lowest BCUT2D eigenvalue weighted by atomic mass is 9.99. The lowest BCUT2D eigenvalue weighted by Crippen LogP contribution is -2.56. The molecule has 7 heteroatoms. The lowest BCUT2D eigenvalue weighted by molar-refractivity contribution is 0.345. The van der Waals surface area contributed by atoms with Gasteiger partial charge in [0.1, 0.15) is 0 Å². The first kappa shape index (κ1) is 22.9. The molecule has 0 radical (unpaired) electrons. The smallest absolute Gasteiger partial charge is 0.0670 e. The quantitative estimate of drug-likeness (QED) is 0.779. The van der Waals surface area contributed by atoms with Crippen LogP contribution in [0.15, 0.2) is 24.5 Å². The van der Waals surface area contributed by atoms with Gasteiger partial charge in [0.15, 0.2) is 0 Å². The maximum atomic E-state index is 5.86. The summed E-state index contributed by atoms with van der Waals surface area (Å²) in [4.78, 5) is 6.28. The van der Waals surface area contributed by atoms with E-state index in [0.717, 1.165) is 25.9 Å². The highest BCUT2D eigenvalue weighted by Gasteiger charge is 2.26. The van der Waals surface area contributed by atoms with Gasteiger partial charge >= 0.3 is 0 Å². The Morgan fingerprint density at radius 2 is 1.44 bits per heavy atom. The van der Waals surface area contributed by atoms with Crippen LogP contribution in [-0.2, 0) is 0 Å². The predicted molar refractivity (Wildman–Crippen MR) is 85.3 cm³/mol. The molecule has 1 fully saturated rings. The first-order valence-electron chi connectivity index (χ1n) is 4.90. The number of piperidine rings is 1. The maximum Gasteiger partial charge on any atom is 0.0670 e. The molecule has 1 aromatic heterocycles. The molecule has 0 spiro atoms. The molecule has 1 saturated heterocycles. The second kappa shape index (κ2) is 9.64. The van der Waals surface area contributed by atoms with Crippen LogP contribution in [-0.4, -0.2) is 23.7 Å². The van der Waals surface area contributed by atoms with Gasteiger partial charge in [0, 0.05) is 31.2 Å². The second-order valence-electron chi connectivity index (χ2n) is 3.93. The number of anilines is 1. The lowest BCUT2D eigenvalue weighted by Gasteiger charge is -2.37. The number of pyridine rings is 1. The number of halogens is 3. The fraction of sp³-hybridized carbons (Fsp3) is 0.545. The highest BCUT2D eigenvalue weighted by molar-refractivity contribution is 5.86. The van der Waals surface area contributed by atoms with E-state index >= 15 is 0 Å². The second-order valence-corrected chi connectivity index (χ2v) is 3.93. The van der Waals surface area contributed by atoms with Gasteiger partial charge in [-0.3, -0.25) is 4.98 Å². The van der Waals surface area contributed by atoms with Crippen molar-refractivity contribution in [1.82, 2.24) is 4.98 Å². The third-order valence-electron chi connectivity index (χ3n) is 2.72. The predicted octanol–water partition coefficient (Wildman–Crippen LogP) is 2.20. The Labute approximate surface area is 128 Å². The minimum atomic E-state index is -0.469. The van der Waals surface area contributed by atoms with Crippen molar-refractivity contribution in [2.45, 2.75) is 25.9 Å². The van der Waals surface area contributed by atoms with E-state index in [1.807, 2.05) is 24.5 Å². The molecule has 0 aliphatic carbocycles. The zero-order valence-corrected chi connectivity index (χ0v) is 11.9. The molecule has 4 N–H and O–H groups in total.